The fraction of sp³-hybridized carbons (Fsp3) is 0.211. The predicted octanol–water partition coefficient (Wildman–Crippen LogP) is 2.27. The Morgan fingerprint density at radius 2 is 2.04 bits per heavy atom. The van der Waals surface area contributed by atoms with Gasteiger partial charge in [0.2, 0.25) is 0 Å². The summed E-state index contributed by atoms with van der Waals surface area (Å²) in [4.78, 5) is 16.1. The van der Waals surface area contributed by atoms with Gasteiger partial charge in [0, 0.05) is 5.56 Å². The molecule has 1 N–H and O–H groups in total. The van der Waals surface area contributed by atoms with E-state index in [1.165, 1.54) is 5.01 Å². The van der Waals surface area contributed by atoms with Crippen molar-refractivity contribution in [2.45, 2.75) is 13.0 Å². The van der Waals surface area contributed by atoms with Gasteiger partial charge in [0.1, 0.15) is 24.7 Å². The standard InChI is InChI=1S/C19H18N4O2/c20-10-5-11-23-18(24)13-21-19(22-23)16-8-4-9-17(12-16)25-14-15-6-2-1-3-7-15/h1-4,6-9,12H,5,11,13-14H2,(H,21,22). The number of rotatable bonds is 6. The third-order valence-electron chi connectivity index (χ3n) is 3.72. The number of carbonyl (C=O) groups is 1. The van der Waals surface area contributed by atoms with Gasteiger partial charge in [-0.2, -0.15) is 5.26 Å². The third-order valence-corrected chi connectivity index (χ3v) is 3.72. The maximum Gasteiger partial charge on any atom is 0.262 e. The zero-order valence-electron chi connectivity index (χ0n) is 13.7. The van der Waals surface area contributed by atoms with Gasteiger partial charge in [0.15, 0.2) is 0 Å². The van der Waals surface area contributed by atoms with Gasteiger partial charge in [-0.25, -0.2) is 0 Å². The fourth-order valence-electron chi connectivity index (χ4n) is 2.43. The topological polar surface area (TPSA) is 77.7 Å². The van der Waals surface area contributed by atoms with E-state index in [0.717, 1.165) is 16.9 Å². The molecule has 0 fully saturated rings. The summed E-state index contributed by atoms with van der Waals surface area (Å²) >= 11 is 0. The van der Waals surface area contributed by atoms with Crippen molar-refractivity contribution in [3.63, 3.8) is 0 Å². The van der Waals surface area contributed by atoms with Gasteiger partial charge in [0.05, 0.1) is 19.0 Å². The predicted molar refractivity (Wildman–Crippen MR) is 93.7 cm³/mol. The monoisotopic (exact) mass is 334 g/mol. The molecule has 25 heavy (non-hydrogen) atoms. The number of hydrogen-bond acceptors (Lipinski definition) is 5. The Balaban J connectivity index is 1.68. The van der Waals surface area contributed by atoms with Crippen LogP contribution in [-0.4, -0.2) is 29.8 Å². The molecule has 0 aromatic heterocycles. The first-order valence-electron chi connectivity index (χ1n) is 8.02. The molecule has 0 aliphatic carbocycles. The van der Waals surface area contributed by atoms with Crippen molar-refractivity contribution in [1.82, 2.24) is 10.4 Å². The average molecular weight is 334 g/mol. The van der Waals surface area contributed by atoms with E-state index in [4.69, 9.17) is 10.00 Å². The lowest BCUT2D eigenvalue weighted by Crippen LogP contribution is -2.51. The van der Waals surface area contributed by atoms with E-state index in [1.54, 1.807) is 0 Å². The highest BCUT2D eigenvalue weighted by molar-refractivity contribution is 6.02. The first kappa shape index (κ1) is 16.5. The highest BCUT2D eigenvalue weighted by Gasteiger charge is 2.20. The maximum absolute atomic E-state index is 11.8. The van der Waals surface area contributed by atoms with Crippen molar-refractivity contribution in [2.75, 3.05) is 13.1 Å². The van der Waals surface area contributed by atoms with E-state index < -0.39 is 0 Å². The van der Waals surface area contributed by atoms with Crippen molar-refractivity contribution in [2.24, 2.45) is 4.99 Å². The van der Waals surface area contributed by atoms with Gasteiger partial charge < -0.3 is 4.74 Å². The molecule has 3 rings (SSSR count). The number of nitrogens with one attached hydrogen (secondary N) is 1. The lowest BCUT2D eigenvalue weighted by atomic mass is 10.2. The molecule has 0 saturated carbocycles. The van der Waals surface area contributed by atoms with Crippen LogP contribution < -0.4 is 10.2 Å². The molecule has 1 heterocycles. The number of nitriles is 1. The Bertz CT molecular complexity index is 812. The molecule has 0 radical (unpaired) electrons. The van der Waals surface area contributed by atoms with Gasteiger partial charge >= 0.3 is 0 Å². The molecule has 0 atom stereocenters. The summed E-state index contributed by atoms with van der Waals surface area (Å²) in [6.45, 7) is 0.887. The zero-order chi connectivity index (χ0) is 17.5. The molecule has 0 spiro atoms. The zero-order valence-corrected chi connectivity index (χ0v) is 13.7. The molecule has 1 amide bonds. The Morgan fingerprint density at radius 1 is 1.20 bits per heavy atom. The molecule has 0 bridgehead atoms. The van der Waals surface area contributed by atoms with Crippen LogP contribution >= 0.6 is 0 Å². The molecule has 0 unspecified atom stereocenters. The molecular weight excluding hydrogens is 316 g/mol. The number of ether oxygens (including phenoxy) is 1. The normalized spacial score (nSPS) is 13.6. The number of hydrogen-bond donors (Lipinski definition) is 1. The molecule has 1 aliphatic heterocycles. The summed E-state index contributed by atoms with van der Waals surface area (Å²) in [7, 11) is 0. The highest BCUT2D eigenvalue weighted by atomic mass is 16.5. The van der Waals surface area contributed by atoms with Crippen molar-refractivity contribution in [1.29, 1.82) is 5.26 Å². The number of carbonyl (C=O) groups excluding carboxylic acids is 1. The summed E-state index contributed by atoms with van der Waals surface area (Å²) in [6.07, 6.45) is 0.270. The Kier molecular flexibility index (Phi) is 5.27. The number of nitrogens with zero attached hydrogens (tertiary/aromatic N) is 3. The van der Waals surface area contributed by atoms with Gasteiger partial charge in [-0.05, 0) is 17.7 Å². The minimum atomic E-state index is -0.143. The maximum atomic E-state index is 11.8. The van der Waals surface area contributed by atoms with Gasteiger partial charge in [0.25, 0.3) is 5.91 Å². The second-order valence-corrected chi connectivity index (χ2v) is 5.53. The molecule has 0 saturated heterocycles. The molecule has 2 aromatic rings. The number of aliphatic imine (C=N–C) groups is 1. The highest BCUT2D eigenvalue weighted by Crippen LogP contribution is 2.16. The van der Waals surface area contributed by atoms with Gasteiger partial charge in [-0.3, -0.25) is 20.2 Å². The van der Waals surface area contributed by atoms with Crippen molar-refractivity contribution in [3.05, 3.63) is 65.7 Å². The van der Waals surface area contributed by atoms with Crippen molar-refractivity contribution in [3.8, 4) is 11.8 Å². The third kappa shape index (κ3) is 4.36. The minimum Gasteiger partial charge on any atom is -0.489 e. The van der Waals surface area contributed by atoms with Gasteiger partial charge in [-0.15, -0.1) is 0 Å². The fourth-order valence-corrected chi connectivity index (χ4v) is 2.43. The van der Waals surface area contributed by atoms with Crippen LogP contribution in [-0.2, 0) is 11.4 Å². The van der Waals surface area contributed by atoms with Crippen molar-refractivity contribution >= 4 is 11.7 Å². The quantitative estimate of drug-likeness (QED) is 0.879. The van der Waals surface area contributed by atoms with Crippen LogP contribution in [0.25, 0.3) is 0 Å². The van der Waals surface area contributed by atoms with E-state index in [9.17, 15) is 4.79 Å². The van der Waals surface area contributed by atoms with E-state index in [2.05, 4.69) is 10.4 Å². The number of amidine groups is 1. The largest absolute Gasteiger partial charge is 0.489 e. The second kappa shape index (κ2) is 7.97. The number of benzene rings is 2. The Morgan fingerprint density at radius 3 is 2.84 bits per heavy atom. The molecule has 6 heteroatoms. The smallest absolute Gasteiger partial charge is 0.262 e. The van der Waals surface area contributed by atoms with Crippen LogP contribution in [0.4, 0.5) is 0 Å². The van der Waals surface area contributed by atoms with Crippen LogP contribution in [0.15, 0.2) is 59.6 Å². The molecule has 2 aromatic carbocycles. The summed E-state index contributed by atoms with van der Waals surface area (Å²) in [5.74, 6) is 1.18. The van der Waals surface area contributed by atoms with E-state index >= 15 is 0 Å². The van der Waals surface area contributed by atoms with Crippen molar-refractivity contribution < 1.29 is 9.53 Å². The van der Waals surface area contributed by atoms with E-state index in [-0.39, 0.29) is 18.9 Å². The van der Waals surface area contributed by atoms with Crippen LogP contribution in [0.1, 0.15) is 17.5 Å². The van der Waals surface area contributed by atoms with E-state index in [0.29, 0.717) is 19.0 Å². The molecule has 1 aliphatic rings. The second-order valence-electron chi connectivity index (χ2n) is 5.53. The summed E-state index contributed by atoms with van der Waals surface area (Å²) in [6, 6.07) is 19.5. The van der Waals surface area contributed by atoms with Crippen LogP contribution in [0.5, 0.6) is 5.75 Å². The average Bonchev–Trinajstić information content (AvgIpc) is 2.67. The lowest BCUT2D eigenvalue weighted by molar-refractivity contribution is -0.132. The summed E-state index contributed by atoms with van der Waals surface area (Å²) in [5.41, 5.74) is 4.91. The van der Waals surface area contributed by atoms with E-state index in [1.807, 2.05) is 60.7 Å². The number of amides is 1. The first-order valence-corrected chi connectivity index (χ1v) is 8.02. The molecule has 126 valence electrons. The van der Waals surface area contributed by atoms with Gasteiger partial charge in [-0.1, -0.05) is 42.5 Å². The first-order chi connectivity index (χ1) is 12.3. The summed E-state index contributed by atoms with van der Waals surface area (Å²) in [5, 5.41) is 10.1. The minimum absolute atomic E-state index is 0.0723. The number of hydrazine groups is 1. The van der Waals surface area contributed by atoms with Crippen LogP contribution in [0, 0.1) is 11.3 Å². The molecule has 6 nitrogen and oxygen atoms in total. The SMILES string of the molecule is N#CCCN1NC(c2cccc(OCc3ccccc3)c2)=NCC1=O. The molecular formula is C19H18N4O2. The van der Waals surface area contributed by atoms with Crippen LogP contribution in [0.3, 0.4) is 0 Å². The van der Waals surface area contributed by atoms with Crippen LogP contribution in [0.2, 0.25) is 0 Å². The lowest BCUT2D eigenvalue weighted by Gasteiger charge is -2.27. The Hall–Kier alpha value is -3.33. The Labute approximate surface area is 146 Å². The summed E-state index contributed by atoms with van der Waals surface area (Å²) < 4.78 is 5.83.